The predicted octanol–water partition coefficient (Wildman–Crippen LogP) is 1.20. The molecule has 1 heterocycles. The Hall–Kier alpha value is -2.40. The lowest BCUT2D eigenvalue weighted by Crippen LogP contribution is -2.17. The van der Waals surface area contributed by atoms with E-state index in [2.05, 4.69) is 0 Å². The van der Waals surface area contributed by atoms with Gasteiger partial charge >= 0.3 is 11.9 Å². The van der Waals surface area contributed by atoms with Gasteiger partial charge in [0, 0.05) is 6.08 Å². The summed E-state index contributed by atoms with van der Waals surface area (Å²) < 4.78 is 9.66. The second kappa shape index (κ2) is 5.97. The number of aliphatic hydroxyl groups excluding tert-OH is 1. The van der Waals surface area contributed by atoms with Gasteiger partial charge in [-0.1, -0.05) is 18.2 Å². The Labute approximate surface area is 109 Å². The number of rotatable bonds is 4. The van der Waals surface area contributed by atoms with Crippen molar-refractivity contribution in [1.82, 2.24) is 0 Å². The molecule has 0 amide bonds. The second-order valence-electron chi connectivity index (χ2n) is 3.86. The van der Waals surface area contributed by atoms with Gasteiger partial charge in [-0.15, -0.1) is 0 Å². The van der Waals surface area contributed by atoms with Gasteiger partial charge in [0.25, 0.3) is 0 Å². The molecule has 19 heavy (non-hydrogen) atoms. The van der Waals surface area contributed by atoms with Crippen LogP contribution in [0.25, 0.3) is 0 Å². The predicted molar refractivity (Wildman–Crippen MR) is 66.0 cm³/mol. The molecule has 0 bridgehead atoms. The maximum Gasteiger partial charge on any atom is 0.338 e. The van der Waals surface area contributed by atoms with Crippen LogP contribution in [0.3, 0.4) is 0 Å². The lowest BCUT2D eigenvalue weighted by molar-refractivity contribution is -0.132. The van der Waals surface area contributed by atoms with Crippen LogP contribution in [0.15, 0.2) is 54.3 Å². The summed E-state index contributed by atoms with van der Waals surface area (Å²) in [5, 5.41) is 9.61. The zero-order valence-electron chi connectivity index (χ0n) is 9.98. The second-order valence-corrected chi connectivity index (χ2v) is 3.86. The third-order valence-electron chi connectivity index (χ3n) is 2.35. The van der Waals surface area contributed by atoms with Crippen molar-refractivity contribution in [3.63, 3.8) is 0 Å². The number of hydrogen-bond acceptors (Lipinski definition) is 5. The molecule has 1 atom stereocenters. The quantitative estimate of drug-likeness (QED) is 0.823. The molecule has 0 aromatic heterocycles. The van der Waals surface area contributed by atoms with E-state index in [1.54, 1.807) is 30.3 Å². The SMILES string of the molecule is O=C1C=CC(=C[C@@H](O)COC(=O)c2ccccc2)O1. The molecule has 0 fully saturated rings. The Morgan fingerprint density at radius 3 is 2.68 bits per heavy atom. The van der Waals surface area contributed by atoms with Gasteiger partial charge in [0.05, 0.1) is 5.56 Å². The fourth-order valence-corrected chi connectivity index (χ4v) is 1.48. The number of ether oxygens (including phenoxy) is 2. The van der Waals surface area contributed by atoms with Gasteiger partial charge in [0.15, 0.2) is 0 Å². The van der Waals surface area contributed by atoms with Gasteiger partial charge < -0.3 is 14.6 Å². The molecule has 1 N–H and O–H groups in total. The number of carbonyl (C=O) groups excluding carboxylic acids is 2. The number of benzene rings is 1. The molecule has 5 heteroatoms. The van der Waals surface area contributed by atoms with E-state index in [1.807, 2.05) is 0 Å². The summed E-state index contributed by atoms with van der Waals surface area (Å²) >= 11 is 0. The topological polar surface area (TPSA) is 72.8 Å². The molecule has 98 valence electrons. The summed E-state index contributed by atoms with van der Waals surface area (Å²) in [6.07, 6.45) is 2.96. The minimum atomic E-state index is -1.03. The van der Waals surface area contributed by atoms with Crippen molar-refractivity contribution in [2.75, 3.05) is 6.61 Å². The largest absolute Gasteiger partial charge is 0.459 e. The van der Waals surface area contributed by atoms with Crippen LogP contribution >= 0.6 is 0 Å². The third kappa shape index (κ3) is 3.79. The number of cyclic esters (lactones) is 1. The number of esters is 2. The van der Waals surface area contributed by atoms with E-state index in [4.69, 9.17) is 9.47 Å². The molecule has 1 aromatic carbocycles. The highest BCUT2D eigenvalue weighted by molar-refractivity contribution is 5.89. The minimum Gasteiger partial charge on any atom is -0.459 e. The van der Waals surface area contributed by atoms with E-state index < -0.39 is 18.0 Å². The minimum absolute atomic E-state index is 0.206. The first kappa shape index (κ1) is 13.0. The Balaban J connectivity index is 1.84. The average Bonchev–Trinajstić information content (AvgIpc) is 2.82. The molecule has 5 nitrogen and oxygen atoms in total. The van der Waals surface area contributed by atoms with E-state index in [0.717, 1.165) is 0 Å². The Morgan fingerprint density at radius 1 is 1.32 bits per heavy atom. The first-order valence-corrected chi connectivity index (χ1v) is 5.67. The van der Waals surface area contributed by atoms with E-state index in [0.29, 0.717) is 5.56 Å². The van der Waals surface area contributed by atoms with Crippen molar-refractivity contribution in [2.24, 2.45) is 0 Å². The van der Waals surface area contributed by atoms with Crippen molar-refractivity contribution < 1.29 is 24.2 Å². The monoisotopic (exact) mass is 260 g/mol. The lowest BCUT2D eigenvalue weighted by Gasteiger charge is -2.08. The fraction of sp³-hybridized carbons (Fsp3) is 0.143. The van der Waals surface area contributed by atoms with Crippen molar-refractivity contribution in [1.29, 1.82) is 0 Å². The van der Waals surface area contributed by atoms with Crippen molar-refractivity contribution in [2.45, 2.75) is 6.10 Å². The van der Waals surface area contributed by atoms with Crippen LogP contribution in [0.4, 0.5) is 0 Å². The maximum absolute atomic E-state index is 11.6. The van der Waals surface area contributed by atoms with Crippen LogP contribution in [-0.2, 0) is 14.3 Å². The zero-order chi connectivity index (χ0) is 13.7. The number of hydrogen-bond donors (Lipinski definition) is 1. The summed E-state index contributed by atoms with van der Waals surface area (Å²) in [5.74, 6) is -0.759. The molecule has 1 aliphatic heterocycles. The van der Waals surface area contributed by atoms with E-state index >= 15 is 0 Å². The molecule has 0 radical (unpaired) electrons. The first-order chi connectivity index (χ1) is 9.15. The van der Waals surface area contributed by atoms with Crippen LogP contribution in [0.5, 0.6) is 0 Å². The molecule has 0 saturated heterocycles. The van der Waals surface area contributed by atoms with E-state index in [1.165, 1.54) is 18.2 Å². The van der Waals surface area contributed by atoms with Crippen LogP contribution in [0, 0.1) is 0 Å². The summed E-state index contributed by atoms with van der Waals surface area (Å²) in [4.78, 5) is 22.4. The molecule has 0 saturated carbocycles. The molecule has 0 spiro atoms. The molecule has 1 aliphatic rings. The van der Waals surface area contributed by atoms with Crippen LogP contribution in [0.2, 0.25) is 0 Å². The van der Waals surface area contributed by atoms with Gasteiger partial charge in [-0.2, -0.15) is 0 Å². The van der Waals surface area contributed by atoms with E-state index in [9.17, 15) is 14.7 Å². The highest BCUT2D eigenvalue weighted by Crippen LogP contribution is 2.10. The normalized spacial score (nSPS) is 17.3. The van der Waals surface area contributed by atoms with Crippen molar-refractivity contribution in [3.8, 4) is 0 Å². The van der Waals surface area contributed by atoms with Gasteiger partial charge in [-0.3, -0.25) is 0 Å². The molecule has 2 rings (SSSR count). The van der Waals surface area contributed by atoms with Gasteiger partial charge in [0.1, 0.15) is 18.5 Å². The highest BCUT2D eigenvalue weighted by Gasteiger charge is 2.13. The van der Waals surface area contributed by atoms with Crippen LogP contribution < -0.4 is 0 Å². The maximum atomic E-state index is 11.6. The Morgan fingerprint density at radius 2 is 2.05 bits per heavy atom. The highest BCUT2D eigenvalue weighted by atomic mass is 16.5. The summed E-state index contributed by atoms with van der Waals surface area (Å²) in [6, 6.07) is 8.47. The number of aliphatic hydroxyl groups is 1. The lowest BCUT2D eigenvalue weighted by atomic mass is 10.2. The standard InChI is InChI=1S/C14H12O5/c15-11(8-12-6-7-13(16)19-12)9-18-14(17)10-4-2-1-3-5-10/h1-8,11,15H,9H2/t11-/m1/s1. The van der Waals surface area contributed by atoms with Crippen molar-refractivity contribution in [3.05, 3.63) is 59.9 Å². The number of allylic oxidation sites excluding steroid dienone is 1. The molecule has 0 unspecified atom stereocenters. The van der Waals surface area contributed by atoms with Gasteiger partial charge in [0.2, 0.25) is 0 Å². The zero-order valence-corrected chi connectivity index (χ0v) is 9.98. The average molecular weight is 260 g/mol. The molecular formula is C14H12O5. The first-order valence-electron chi connectivity index (χ1n) is 5.67. The van der Waals surface area contributed by atoms with Crippen LogP contribution in [-0.4, -0.2) is 29.8 Å². The third-order valence-corrected chi connectivity index (χ3v) is 2.35. The smallest absolute Gasteiger partial charge is 0.338 e. The summed E-state index contributed by atoms with van der Waals surface area (Å²) in [5.41, 5.74) is 0.412. The molecule has 1 aromatic rings. The molecular weight excluding hydrogens is 248 g/mol. The number of carbonyl (C=O) groups is 2. The Bertz CT molecular complexity index is 530. The van der Waals surface area contributed by atoms with E-state index in [-0.39, 0.29) is 12.4 Å². The Kier molecular flexibility index (Phi) is 4.10. The van der Waals surface area contributed by atoms with Gasteiger partial charge in [-0.25, -0.2) is 9.59 Å². The van der Waals surface area contributed by atoms with Crippen molar-refractivity contribution >= 4 is 11.9 Å². The van der Waals surface area contributed by atoms with Gasteiger partial charge in [-0.05, 0) is 24.3 Å². The molecule has 0 aliphatic carbocycles. The fourth-order valence-electron chi connectivity index (χ4n) is 1.48. The van der Waals surface area contributed by atoms with Crippen LogP contribution in [0.1, 0.15) is 10.4 Å². The summed E-state index contributed by atoms with van der Waals surface area (Å²) in [7, 11) is 0. The summed E-state index contributed by atoms with van der Waals surface area (Å²) in [6.45, 7) is -0.206.